The smallest absolute Gasteiger partial charge is 0.110 e. The second-order valence-electron chi connectivity index (χ2n) is 6.57. The summed E-state index contributed by atoms with van der Waals surface area (Å²) in [5.41, 5.74) is -0.0349. The minimum atomic E-state index is -0.841. The SMILES string of the molecule is CC1CCC(O)(c2c(Cl)cnn2CCN(C)C)C(C)C1. The quantitative estimate of drug-likeness (QED) is 0.929. The lowest BCUT2D eigenvalue weighted by Gasteiger charge is -2.41. The van der Waals surface area contributed by atoms with E-state index in [0.717, 1.165) is 38.0 Å². The molecule has 0 aromatic carbocycles. The molecule has 1 fully saturated rings. The fraction of sp³-hybridized carbons (Fsp3) is 0.800. The molecule has 1 saturated carbocycles. The van der Waals surface area contributed by atoms with Crippen molar-refractivity contribution in [1.29, 1.82) is 0 Å². The predicted molar refractivity (Wildman–Crippen MR) is 81.9 cm³/mol. The van der Waals surface area contributed by atoms with Crippen LogP contribution in [0, 0.1) is 11.8 Å². The third-order valence-corrected chi connectivity index (χ3v) is 4.83. The molecule has 4 nitrogen and oxygen atoms in total. The third-order valence-electron chi connectivity index (χ3n) is 4.55. The third kappa shape index (κ3) is 3.02. The standard InChI is InChI=1S/C15H26ClN3O/c1-11-5-6-15(20,12(2)9-11)14-13(16)10-17-19(14)8-7-18(3)4/h10-12,20H,5-9H2,1-4H3. The van der Waals surface area contributed by atoms with Crippen LogP contribution in [0.4, 0.5) is 0 Å². The van der Waals surface area contributed by atoms with E-state index >= 15 is 0 Å². The summed E-state index contributed by atoms with van der Waals surface area (Å²) in [4.78, 5) is 2.11. The van der Waals surface area contributed by atoms with Crippen LogP contribution in [0.5, 0.6) is 0 Å². The molecule has 0 spiro atoms. The van der Waals surface area contributed by atoms with Crippen LogP contribution in [-0.2, 0) is 12.1 Å². The number of likely N-dealkylation sites (N-methyl/N-ethyl adjacent to an activating group) is 1. The highest BCUT2D eigenvalue weighted by atomic mass is 35.5. The van der Waals surface area contributed by atoms with Gasteiger partial charge in [-0.3, -0.25) is 4.68 Å². The van der Waals surface area contributed by atoms with Crippen molar-refractivity contribution in [3.63, 3.8) is 0 Å². The Kier molecular flexibility index (Phi) is 4.77. The van der Waals surface area contributed by atoms with Crippen LogP contribution >= 0.6 is 11.6 Å². The van der Waals surface area contributed by atoms with Gasteiger partial charge in [0.1, 0.15) is 5.60 Å². The Hall–Kier alpha value is -0.580. The van der Waals surface area contributed by atoms with Crippen LogP contribution in [0.1, 0.15) is 38.8 Å². The monoisotopic (exact) mass is 299 g/mol. The fourth-order valence-corrected chi connectivity index (χ4v) is 3.54. The first-order chi connectivity index (χ1) is 9.34. The summed E-state index contributed by atoms with van der Waals surface area (Å²) in [6.07, 6.45) is 4.50. The predicted octanol–water partition coefficient (Wildman–Crippen LogP) is 2.74. The summed E-state index contributed by atoms with van der Waals surface area (Å²) in [6, 6.07) is 0. The van der Waals surface area contributed by atoms with Gasteiger partial charge in [0.05, 0.1) is 23.5 Å². The first-order valence-electron chi connectivity index (χ1n) is 7.43. The molecule has 114 valence electrons. The van der Waals surface area contributed by atoms with Crippen LogP contribution in [0.3, 0.4) is 0 Å². The van der Waals surface area contributed by atoms with Crippen molar-refractivity contribution in [3.8, 4) is 0 Å². The zero-order valence-corrected chi connectivity index (χ0v) is 13.7. The molecule has 1 aromatic heterocycles. The summed E-state index contributed by atoms with van der Waals surface area (Å²) >= 11 is 6.33. The highest BCUT2D eigenvalue weighted by Gasteiger charge is 2.43. The Bertz CT molecular complexity index is 460. The van der Waals surface area contributed by atoms with Gasteiger partial charge in [0, 0.05) is 6.54 Å². The molecule has 2 rings (SSSR count). The van der Waals surface area contributed by atoms with Crippen molar-refractivity contribution in [2.24, 2.45) is 11.8 Å². The van der Waals surface area contributed by atoms with E-state index in [0.29, 0.717) is 10.9 Å². The molecular weight excluding hydrogens is 274 g/mol. The van der Waals surface area contributed by atoms with Gasteiger partial charge >= 0.3 is 0 Å². The maximum atomic E-state index is 11.2. The molecule has 0 saturated heterocycles. The number of halogens is 1. The van der Waals surface area contributed by atoms with E-state index in [1.54, 1.807) is 6.20 Å². The summed E-state index contributed by atoms with van der Waals surface area (Å²) in [7, 11) is 4.06. The Morgan fingerprint density at radius 1 is 1.50 bits per heavy atom. The Morgan fingerprint density at radius 2 is 2.20 bits per heavy atom. The molecule has 3 unspecified atom stereocenters. The second kappa shape index (κ2) is 6.04. The van der Waals surface area contributed by atoms with E-state index in [2.05, 4.69) is 23.8 Å². The number of aliphatic hydroxyl groups is 1. The topological polar surface area (TPSA) is 41.3 Å². The molecule has 3 atom stereocenters. The van der Waals surface area contributed by atoms with Gasteiger partial charge in [-0.15, -0.1) is 0 Å². The van der Waals surface area contributed by atoms with Crippen LogP contribution in [0.25, 0.3) is 0 Å². The molecule has 1 aromatic rings. The lowest BCUT2D eigenvalue weighted by atomic mass is 9.70. The zero-order chi connectivity index (χ0) is 14.9. The summed E-state index contributed by atoms with van der Waals surface area (Å²) in [5, 5.41) is 16.1. The van der Waals surface area contributed by atoms with Gasteiger partial charge in [0.2, 0.25) is 0 Å². The van der Waals surface area contributed by atoms with Crippen molar-refractivity contribution >= 4 is 11.6 Å². The van der Waals surface area contributed by atoms with E-state index in [-0.39, 0.29) is 5.92 Å². The van der Waals surface area contributed by atoms with Crippen molar-refractivity contribution in [2.45, 2.75) is 45.3 Å². The van der Waals surface area contributed by atoms with Crippen molar-refractivity contribution in [1.82, 2.24) is 14.7 Å². The van der Waals surface area contributed by atoms with E-state index in [1.807, 2.05) is 18.8 Å². The normalized spacial score (nSPS) is 30.9. The molecule has 1 aliphatic carbocycles. The lowest BCUT2D eigenvalue weighted by Crippen LogP contribution is -2.41. The van der Waals surface area contributed by atoms with Gasteiger partial charge in [0.15, 0.2) is 0 Å². The molecule has 0 amide bonds. The zero-order valence-electron chi connectivity index (χ0n) is 12.9. The van der Waals surface area contributed by atoms with Crippen LogP contribution in [-0.4, -0.2) is 40.4 Å². The second-order valence-corrected chi connectivity index (χ2v) is 6.98. The number of aromatic nitrogens is 2. The molecule has 1 aliphatic rings. The Labute approximate surface area is 126 Å². The molecule has 0 aliphatic heterocycles. The van der Waals surface area contributed by atoms with Gasteiger partial charge in [-0.1, -0.05) is 25.4 Å². The van der Waals surface area contributed by atoms with Crippen LogP contribution in [0.2, 0.25) is 5.02 Å². The first-order valence-corrected chi connectivity index (χ1v) is 7.81. The summed E-state index contributed by atoms with van der Waals surface area (Å²) in [6.45, 7) is 6.00. The summed E-state index contributed by atoms with van der Waals surface area (Å²) < 4.78 is 1.88. The van der Waals surface area contributed by atoms with Crippen molar-refractivity contribution in [3.05, 3.63) is 16.9 Å². The highest BCUT2D eigenvalue weighted by Crippen LogP contribution is 2.45. The number of rotatable bonds is 4. The van der Waals surface area contributed by atoms with Gasteiger partial charge in [-0.2, -0.15) is 5.10 Å². The highest BCUT2D eigenvalue weighted by molar-refractivity contribution is 6.31. The number of hydrogen-bond acceptors (Lipinski definition) is 3. The Morgan fingerprint density at radius 3 is 2.80 bits per heavy atom. The largest absolute Gasteiger partial charge is 0.383 e. The maximum Gasteiger partial charge on any atom is 0.110 e. The minimum Gasteiger partial charge on any atom is -0.383 e. The lowest BCUT2D eigenvalue weighted by molar-refractivity contribution is -0.0655. The summed E-state index contributed by atoms with van der Waals surface area (Å²) in [5.74, 6) is 0.876. The average Bonchev–Trinajstić information content (AvgIpc) is 2.74. The van der Waals surface area contributed by atoms with Gasteiger partial charge in [-0.25, -0.2) is 0 Å². The van der Waals surface area contributed by atoms with E-state index in [9.17, 15) is 5.11 Å². The first kappa shape index (κ1) is 15.8. The van der Waals surface area contributed by atoms with E-state index in [1.165, 1.54) is 0 Å². The van der Waals surface area contributed by atoms with Gasteiger partial charge in [0.25, 0.3) is 0 Å². The van der Waals surface area contributed by atoms with Crippen molar-refractivity contribution in [2.75, 3.05) is 20.6 Å². The molecule has 0 bridgehead atoms. The van der Waals surface area contributed by atoms with Crippen LogP contribution in [0.15, 0.2) is 6.20 Å². The molecule has 20 heavy (non-hydrogen) atoms. The van der Waals surface area contributed by atoms with Gasteiger partial charge < -0.3 is 10.0 Å². The maximum absolute atomic E-state index is 11.2. The van der Waals surface area contributed by atoms with E-state index in [4.69, 9.17) is 11.6 Å². The fourth-order valence-electron chi connectivity index (χ4n) is 3.24. The van der Waals surface area contributed by atoms with Crippen LogP contribution < -0.4 is 0 Å². The molecule has 0 radical (unpaired) electrons. The Balaban J connectivity index is 2.28. The average molecular weight is 300 g/mol. The molecule has 1 N–H and O–H groups in total. The molecule has 1 heterocycles. The molecular formula is C15H26ClN3O. The van der Waals surface area contributed by atoms with Gasteiger partial charge in [-0.05, 0) is 45.2 Å². The number of hydrogen-bond donors (Lipinski definition) is 1. The molecule has 5 heteroatoms. The minimum absolute atomic E-state index is 0.207. The number of nitrogens with zero attached hydrogens (tertiary/aromatic N) is 3. The van der Waals surface area contributed by atoms with E-state index < -0.39 is 5.60 Å². The van der Waals surface area contributed by atoms with Crippen molar-refractivity contribution < 1.29 is 5.11 Å².